The molecule has 0 saturated heterocycles. The predicted molar refractivity (Wildman–Crippen MR) is 153 cm³/mol. The van der Waals surface area contributed by atoms with Crippen LogP contribution in [0.3, 0.4) is 0 Å². The van der Waals surface area contributed by atoms with Crippen molar-refractivity contribution in [3.63, 3.8) is 0 Å². The van der Waals surface area contributed by atoms with E-state index in [4.69, 9.17) is 0 Å². The van der Waals surface area contributed by atoms with Crippen molar-refractivity contribution in [2.75, 3.05) is 23.0 Å². The van der Waals surface area contributed by atoms with Gasteiger partial charge in [-0.2, -0.15) is 24.4 Å². The fourth-order valence-electron chi connectivity index (χ4n) is 3.55. The molecule has 3 heterocycles. The third kappa shape index (κ3) is 8.13. The number of aliphatic hydroxyl groups is 2. The number of pyridine rings is 3. The van der Waals surface area contributed by atoms with Crippen LogP contribution in [0.5, 0.6) is 0 Å². The molecule has 3 aromatic rings. The molecular formula is C26H33N3O2S4. The minimum absolute atomic E-state index is 0.121. The van der Waals surface area contributed by atoms with Gasteiger partial charge >= 0.3 is 0 Å². The number of aliphatic hydroxyl groups excluding tert-OH is 2. The van der Waals surface area contributed by atoms with Crippen molar-refractivity contribution in [3.05, 3.63) is 76.6 Å². The number of rotatable bonds is 14. The summed E-state index contributed by atoms with van der Waals surface area (Å²) in [4.78, 5) is 15.5. The lowest BCUT2D eigenvalue weighted by Crippen LogP contribution is -2.10. The molecule has 0 aliphatic heterocycles. The SMILES string of the molecule is Cc1c(SCCCS)ccnc1C(O)c1cnc(CO)c(C)c1SCCCSCc1ccccn1. The van der Waals surface area contributed by atoms with Crippen molar-refractivity contribution in [2.24, 2.45) is 0 Å². The minimum atomic E-state index is -0.875. The van der Waals surface area contributed by atoms with Crippen LogP contribution in [0.25, 0.3) is 0 Å². The van der Waals surface area contributed by atoms with Crippen LogP contribution >= 0.6 is 47.9 Å². The van der Waals surface area contributed by atoms with E-state index in [1.165, 1.54) is 0 Å². The molecule has 1 unspecified atom stereocenters. The molecule has 3 rings (SSSR count). The first-order valence-corrected chi connectivity index (χ1v) is 15.4. The molecule has 0 aliphatic carbocycles. The minimum Gasteiger partial charge on any atom is -0.390 e. The van der Waals surface area contributed by atoms with E-state index in [1.807, 2.05) is 50.0 Å². The van der Waals surface area contributed by atoms with E-state index in [-0.39, 0.29) is 6.61 Å². The second-order valence-corrected chi connectivity index (χ2v) is 11.8. The molecular weight excluding hydrogens is 515 g/mol. The molecule has 0 saturated carbocycles. The molecule has 1 atom stereocenters. The molecule has 9 heteroatoms. The summed E-state index contributed by atoms with van der Waals surface area (Å²) in [5.74, 6) is 4.69. The number of hydrogen-bond donors (Lipinski definition) is 3. The van der Waals surface area contributed by atoms with Gasteiger partial charge in [-0.05, 0) is 79.0 Å². The van der Waals surface area contributed by atoms with Crippen LogP contribution in [0.2, 0.25) is 0 Å². The first kappa shape index (κ1) is 28.3. The highest BCUT2D eigenvalue weighted by molar-refractivity contribution is 8.00. The molecule has 0 spiro atoms. The fourth-order valence-corrected chi connectivity index (χ4v) is 7.12. The zero-order valence-corrected chi connectivity index (χ0v) is 23.5. The van der Waals surface area contributed by atoms with Gasteiger partial charge in [-0.25, -0.2) is 0 Å². The Morgan fingerprint density at radius 1 is 0.943 bits per heavy atom. The summed E-state index contributed by atoms with van der Waals surface area (Å²) in [5.41, 5.74) is 5.07. The smallest absolute Gasteiger partial charge is 0.124 e. The maximum Gasteiger partial charge on any atom is 0.124 e. The topological polar surface area (TPSA) is 79.1 Å². The number of thiol groups is 1. The van der Waals surface area contributed by atoms with Gasteiger partial charge in [0.2, 0.25) is 0 Å². The van der Waals surface area contributed by atoms with Crippen LogP contribution in [0.1, 0.15) is 52.7 Å². The average molecular weight is 548 g/mol. The van der Waals surface area contributed by atoms with Crippen molar-refractivity contribution in [1.82, 2.24) is 15.0 Å². The summed E-state index contributed by atoms with van der Waals surface area (Å²) in [6.45, 7) is 3.86. The molecule has 0 radical (unpaired) electrons. The fraction of sp³-hybridized carbons (Fsp3) is 0.423. The van der Waals surface area contributed by atoms with Crippen LogP contribution in [-0.2, 0) is 12.4 Å². The third-order valence-electron chi connectivity index (χ3n) is 5.51. The molecule has 5 nitrogen and oxygen atoms in total. The predicted octanol–water partition coefficient (Wildman–Crippen LogP) is 5.89. The van der Waals surface area contributed by atoms with E-state index >= 15 is 0 Å². The van der Waals surface area contributed by atoms with Crippen LogP contribution in [0.15, 0.2) is 52.6 Å². The van der Waals surface area contributed by atoms with Crippen molar-refractivity contribution < 1.29 is 10.2 Å². The van der Waals surface area contributed by atoms with E-state index in [1.54, 1.807) is 35.9 Å². The van der Waals surface area contributed by atoms with Gasteiger partial charge in [0.25, 0.3) is 0 Å². The van der Waals surface area contributed by atoms with Gasteiger partial charge in [0.05, 0.1) is 23.7 Å². The third-order valence-corrected chi connectivity index (χ3v) is 9.47. The highest BCUT2D eigenvalue weighted by Gasteiger charge is 2.22. The second-order valence-electron chi connectivity index (χ2n) is 8.00. The van der Waals surface area contributed by atoms with Gasteiger partial charge in [-0.3, -0.25) is 15.0 Å². The first-order chi connectivity index (χ1) is 17.1. The Kier molecular flexibility index (Phi) is 12.2. The maximum atomic E-state index is 11.4. The summed E-state index contributed by atoms with van der Waals surface area (Å²) < 4.78 is 0. The normalized spacial score (nSPS) is 12.1. The van der Waals surface area contributed by atoms with Gasteiger partial charge in [0.15, 0.2) is 0 Å². The number of aromatic nitrogens is 3. The molecule has 0 fully saturated rings. The number of hydrogen-bond acceptors (Lipinski definition) is 9. The van der Waals surface area contributed by atoms with Crippen LogP contribution in [0.4, 0.5) is 0 Å². The second kappa shape index (κ2) is 15.1. The molecule has 35 heavy (non-hydrogen) atoms. The van der Waals surface area contributed by atoms with Gasteiger partial charge in [-0.15, -0.1) is 23.5 Å². The number of thioether (sulfide) groups is 3. The van der Waals surface area contributed by atoms with E-state index in [0.29, 0.717) is 11.4 Å². The van der Waals surface area contributed by atoms with Crippen molar-refractivity contribution in [3.8, 4) is 0 Å². The van der Waals surface area contributed by atoms with E-state index in [2.05, 4.69) is 33.6 Å². The molecule has 2 N–H and O–H groups in total. The number of nitrogens with zero attached hydrogens (tertiary/aromatic N) is 3. The highest BCUT2D eigenvalue weighted by Crippen LogP contribution is 2.37. The van der Waals surface area contributed by atoms with E-state index < -0.39 is 6.10 Å². The quantitative estimate of drug-likeness (QED) is 0.131. The highest BCUT2D eigenvalue weighted by atomic mass is 32.2. The summed E-state index contributed by atoms with van der Waals surface area (Å²) in [6.07, 6.45) is 6.48. The summed E-state index contributed by atoms with van der Waals surface area (Å²) >= 11 is 9.66. The molecule has 0 amide bonds. The zero-order valence-electron chi connectivity index (χ0n) is 20.2. The largest absolute Gasteiger partial charge is 0.390 e. The standard InChI is InChI=1S/C26H33N3O2S4/c1-18-22(16-30)29-15-21(25(31)24-19(2)23(8-10-28-24)34-13-5-11-32)26(18)35-14-6-12-33-17-20-7-3-4-9-27-20/h3-4,7-10,15,25,30-32H,5-6,11-14,16-17H2,1-2H3. The van der Waals surface area contributed by atoms with Gasteiger partial charge < -0.3 is 10.2 Å². The Morgan fingerprint density at radius 2 is 1.77 bits per heavy atom. The van der Waals surface area contributed by atoms with Crippen molar-refractivity contribution >= 4 is 47.9 Å². The lowest BCUT2D eigenvalue weighted by Gasteiger charge is -2.20. The van der Waals surface area contributed by atoms with E-state index in [0.717, 1.165) is 73.8 Å². The zero-order chi connectivity index (χ0) is 25.0. The summed E-state index contributed by atoms with van der Waals surface area (Å²) in [6, 6.07) is 8.01. The van der Waals surface area contributed by atoms with Crippen LogP contribution in [-0.4, -0.2) is 48.2 Å². The van der Waals surface area contributed by atoms with Crippen molar-refractivity contribution in [2.45, 2.75) is 54.9 Å². The van der Waals surface area contributed by atoms with Crippen LogP contribution in [0, 0.1) is 13.8 Å². The Hall–Kier alpha value is -1.23. The summed E-state index contributed by atoms with van der Waals surface area (Å²) in [7, 11) is 0. The summed E-state index contributed by atoms with van der Waals surface area (Å²) in [5, 5.41) is 21.2. The molecule has 3 aromatic heterocycles. The van der Waals surface area contributed by atoms with Gasteiger partial charge in [0, 0.05) is 39.7 Å². The Balaban J connectivity index is 1.70. The Morgan fingerprint density at radius 3 is 2.51 bits per heavy atom. The molecule has 0 aromatic carbocycles. The maximum absolute atomic E-state index is 11.4. The lowest BCUT2D eigenvalue weighted by molar-refractivity contribution is 0.210. The average Bonchev–Trinajstić information content (AvgIpc) is 2.88. The molecule has 0 aliphatic rings. The van der Waals surface area contributed by atoms with Crippen LogP contribution < -0.4 is 0 Å². The van der Waals surface area contributed by atoms with Gasteiger partial charge in [-0.1, -0.05) is 6.07 Å². The Labute approximate surface area is 226 Å². The lowest BCUT2D eigenvalue weighted by atomic mass is 10.0. The Bertz CT molecular complexity index is 1070. The van der Waals surface area contributed by atoms with Crippen molar-refractivity contribution in [1.29, 1.82) is 0 Å². The molecule has 0 bridgehead atoms. The van der Waals surface area contributed by atoms with Gasteiger partial charge in [0.1, 0.15) is 6.10 Å². The van der Waals surface area contributed by atoms with E-state index in [9.17, 15) is 10.2 Å². The molecule has 188 valence electrons. The first-order valence-electron chi connectivity index (χ1n) is 11.6. The monoisotopic (exact) mass is 547 g/mol.